The third-order valence-corrected chi connectivity index (χ3v) is 4.20. The number of nitrogens with two attached hydrogens (primary N) is 1. The molecule has 96 valence electrons. The van der Waals surface area contributed by atoms with Crippen LogP contribution < -0.4 is 11.1 Å². The number of hydrogen-bond donors (Lipinski definition) is 2. The molecule has 17 heavy (non-hydrogen) atoms. The van der Waals surface area contributed by atoms with Crippen molar-refractivity contribution in [2.45, 2.75) is 26.3 Å². The van der Waals surface area contributed by atoms with Crippen LogP contribution >= 0.6 is 11.3 Å². The molecule has 0 aromatic carbocycles. The van der Waals surface area contributed by atoms with Gasteiger partial charge in [-0.3, -0.25) is 4.79 Å². The number of anilines is 2. The first-order valence-electron chi connectivity index (χ1n) is 5.55. The lowest BCUT2D eigenvalue weighted by Crippen LogP contribution is -2.44. The number of rotatable bonds is 5. The number of thiophene rings is 1. The number of hydrogen-bond acceptors (Lipinski definition) is 5. The first kappa shape index (κ1) is 14.0. The van der Waals surface area contributed by atoms with Crippen molar-refractivity contribution < 1.29 is 4.79 Å². The smallest absolute Gasteiger partial charge is 0.171 e. The number of carbonyl (C=O) groups excluding carboxylic acids is 1. The van der Waals surface area contributed by atoms with E-state index in [0.29, 0.717) is 10.6 Å². The molecule has 3 N–H and O–H groups in total. The van der Waals surface area contributed by atoms with Gasteiger partial charge in [0.05, 0.1) is 15.6 Å². The monoisotopic (exact) mass is 255 g/mol. The fourth-order valence-electron chi connectivity index (χ4n) is 1.23. The number of nitrogen functional groups attached to an aromatic ring is 1. The van der Waals surface area contributed by atoms with Crippen LogP contribution in [0.4, 0.5) is 10.7 Å². The van der Waals surface area contributed by atoms with E-state index in [1.807, 2.05) is 20.2 Å². The molecule has 1 heterocycles. The molecule has 0 aliphatic rings. The Labute approximate surface area is 107 Å². The quantitative estimate of drug-likeness (QED) is 0.793. The van der Waals surface area contributed by atoms with Crippen molar-refractivity contribution in [2.75, 3.05) is 31.7 Å². The molecule has 0 fully saturated rings. The molecule has 0 atom stereocenters. The Balaban J connectivity index is 2.71. The van der Waals surface area contributed by atoms with Crippen LogP contribution in [0, 0.1) is 0 Å². The highest BCUT2D eigenvalue weighted by Crippen LogP contribution is 2.30. The molecule has 0 saturated carbocycles. The van der Waals surface area contributed by atoms with Gasteiger partial charge >= 0.3 is 0 Å². The highest BCUT2D eigenvalue weighted by Gasteiger charge is 2.20. The number of Topliss-reactive ketones (excluding diaryl/α,β-unsaturated/α-hetero) is 1. The number of nitrogens with zero attached hydrogens (tertiary/aromatic N) is 1. The van der Waals surface area contributed by atoms with Crippen LogP contribution in [0.25, 0.3) is 0 Å². The molecule has 0 unspecified atom stereocenters. The van der Waals surface area contributed by atoms with E-state index in [0.717, 1.165) is 11.5 Å². The number of carbonyl (C=O) groups is 1. The molecule has 1 aromatic rings. The third-order valence-electron chi connectivity index (χ3n) is 2.99. The van der Waals surface area contributed by atoms with Gasteiger partial charge in [0.15, 0.2) is 5.78 Å². The molecule has 0 saturated heterocycles. The largest absolute Gasteiger partial charge is 0.397 e. The SMILES string of the molecule is CC(=O)c1sc(NCC(C)(C)N(C)C)cc1N. The van der Waals surface area contributed by atoms with Crippen molar-refractivity contribution in [3.05, 3.63) is 10.9 Å². The molecule has 1 aromatic heterocycles. The molecule has 1 rings (SSSR count). The molecule has 0 spiro atoms. The van der Waals surface area contributed by atoms with Gasteiger partial charge in [-0.15, -0.1) is 11.3 Å². The van der Waals surface area contributed by atoms with E-state index >= 15 is 0 Å². The van der Waals surface area contributed by atoms with Crippen LogP contribution in [0.2, 0.25) is 0 Å². The van der Waals surface area contributed by atoms with Crippen molar-refractivity contribution in [1.29, 1.82) is 0 Å². The zero-order valence-corrected chi connectivity index (χ0v) is 11.9. The summed E-state index contributed by atoms with van der Waals surface area (Å²) in [7, 11) is 4.09. The normalized spacial score (nSPS) is 11.9. The lowest BCUT2D eigenvalue weighted by Gasteiger charge is -2.32. The second-order valence-corrected chi connectivity index (χ2v) is 6.06. The zero-order chi connectivity index (χ0) is 13.2. The summed E-state index contributed by atoms with van der Waals surface area (Å²) in [4.78, 5) is 14.1. The van der Waals surface area contributed by atoms with Crippen molar-refractivity contribution >= 4 is 27.8 Å². The number of likely N-dealkylation sites (N-methyl/N-ethyl adjacent to an activating group) is 1. The molecule has 0 aliphatic heterocycles. The summed E-state index contributed by atoms with van der Waals surface area (Å²) in [6, 6.07) is 1.83. The molecular formula is C12H21N3OS. The Hall–Kier alpha value is -1.07. The van der Waals surface area contributed by atoms with E-state index < -0.39 is 0 Å². The molecule has 0 aliphatic carbocycles. The van der Waals surface area contributed by atoms with Crippen LogP contribution in [-0.4, -0.2) is 36.9 Å². The average Bonchev–Trinajstić information content (AvgIpc) is 2.57. The van der Waals surface area contributed by atoms with Gasteiger partial charge in [-0.2, -0.15) is 0 Å². The van der Waals surface area contributed by atoms with Gasteiger partial charge in [0.1, 0.15) is 0 Å². The van der Waals surface area contributed by atoms with Crippen LogP contribution in [0.3, 0.4) is 0 Å². The topological polar surface area (TPSA) is 58.4 Å². The van der Waals surface area contributed by atoms with Gasteiger partial charge in [0.2, 0.25) is 0 Å². The minimum atomic E-state index is 0.0208. The minimum Gasteiger partial charge on any atom is -0.397 e. The third kappa shape index (κ3) is 3.44. The molecule has 4 nitrogen and oxygen atoms in total. The predicted octanol–water partition coefficient (Wildman–Crippen LogP) is 2.29. The summed E-state index contributed by atoms with van der Waals surface area (Å²) in [6.07, 6.45) is 0. The van der Waals surface area contributed by atoms with E-state index in [9.17, 15) is 4.79 Å². The maximum atomic E-state index is 11.3. The van der Waals surface area contributed by atoms with Gasteiger partial charge in [-0.25, -0.2) is 0 Å². The summed E-state index contributed by atoms with van der Waals surface area (Å²) in [5.74, 6) is 0.0208. The van der Waals surface area contributed by atoms with E-state index in [-0.39, 0.29) is 11.3 Å². The Morgan fingerprint density at radius 1 is 1.53 bits per heavy atom. The van der Waals surface area contributed by atoms with Crippen molar-refractivity contribution in [2.24, 2.45) is 0 Å². The van der Waals surface area contributed by atoms with E-state index in [1.54, 1.807) is 0 Å². The molecule has 5 heteroatoms. The maximum Gasteiger partial charge on any atom is 0.171 e. The van der Waals surface area contributed by atoms with Gasteiger partial charge < -0.3 is 16.0 Å². The molecular weight excluding hydrogens is 234 g/mol. The van der Waals surface area contributed by atoms with Crippen molar-refractivity contribution in [3.63, 3.8) is 0 Å². The first-order valence-corrected chi connectivity index (χ1v) is 6.37. The summed E-state index contributed by atoms with van der Waals surface area (Å²) in [5.41, 5.74) is 6.39. The first-order chi connectivity index (χ1) is 7.74. The predicted molar refractivity (Wildman–Crippen MR) is 75.0 cm³/mol. The van der Waals surface area contributed by atoms with Gasteiger partial charge in [0.25, 0.3) is 0 Å². The highest BCUT2D eigenvalue weighted by molar-refractivity contribution is 7.18. The number of ketones is 1. The second-order valence-electron chi connectivity index (χ2n) is 5.01. The average molecular weight is 255 g/mol. The van der Waals surface area contributed by atoms with E-state index in [1.165, 1.54) is 18.3 Å². The lowest BCUT2D eigenvalue weighted by molar-refractivity contribution is 0.102. The maximum absolute atomic E-state index is 11.3. The van der Waals surface area contributed by atoms with Crippen LogP contribution in [0.15, 0.2) is 6.07 Å². The van der Waals surface area contributed by atoms with Crippen LogP contribution in [0.1, 0.15) is 30.4 Å². The lowest BCUT2D eigenvalue weighted by atomic mass is 10.0. The Bertz CT molecular complexity index is 410. The molecule has 0 amide bonds. The zero-order valence-electron chi connectivity index (χ0n) is 11.1. The van der Waals surface area contributed by atoms with Crippen LogP contribution in [0.5, 0.6) is 0 Å². The Morgan fingerprint density at radius 3 is 2.53 bits per heavy atom. The second kappa shape index (κ2) is 5.06. The standard InChI is InChI=1S/C12H21N3OS/c1-8(16)11-9(13)6-10(17-11)14-7-12(2,3)15(4)5/h6,14H,7,13H2,1-5H3. The minimum absolute atomic E-state index is 0.0208. The Kier molecular flexibility index (Phi) is 4.16. The summed E-state index contributed by atoms with van der Waals surface area (Å²) in [5, 5.41) is 4.27. The fourth-order valence-corrected chi connectivity index (χ4v) is 2.10. The fraction of sp³-hybridized carbons (Fsp3) is 0.583. The van der Waals surface area contributed by atoms with Crippen LogP contribution in [-0.2, 0) is 0 Å². The van der Waals surface area contributed by atoms with E-state index in [2.05, 4.69) is 24.1 Å². The summed E-state index contributed by atoms with van der Waals surface area (Å²) < 4.78 is 0. The Morgan fingerprint density at radius 2 is 2.12 bits per heavy atom. The van der Waals surface area contributed by atoms with Gasteiger partial charge in [-0.1, -0.05) is 0 Å². The summed E-state index contributed by atoms with van der Waals surface area (Å²) >= 11 is 1.42. The summed E-state index contributed by atoms with van der Waals surface area (Å²) in [6.45, 7) is 6.65. The number of nitrogens with one attached hydrogen (secondary N) is 1. The van der Waals surface area contributed by atoms with Crippen molar-refractivity contribution in [3.8, 4) is 0 Å². The molecule has 0 bridgehead atoms. The van der Waals surface area contributed by atoms with E-state index in [4.69, 9.17) is 5.73 Å². The highest BCUT2D eigenvalue weighted by atomic mass is 32.1. The van der Waals surface area contributed by atoms with Crippen molar-refractivity contribution in [1.82, 2.24) is 4.90 Å². The van der Waals surface area contributed by atoms with Gasteiger partial charge in [0, 0.05) is 19.0 Å². The molecule has 0 radical (unpaired) electrons. The van der Waals surface area contributed by atoms with Gasteiger partial charge in [-0.05, 0) is 34.0 Å².